The summed E-state index contributed by atoms with van der Waals surface area (Å²) in [5.74, 6) is -0.0190. The second-order valence-corrected chi connectivity index (χ2v) is 8.87. The van der Waals surface area contributed by atoms with Crippen molar-refractivity contribution in [3.8, 4) is 0 Å². The van der Waals surface area contributed by atoms with Crippen molar-refractivity contribution < 1.29 is 13.2 Å². The quantitative estimate of drug-likeness (QED) is 0.637. The fourth-order valence-corrected chi connectivity index (χ4v) is 4.80. The third kappa shape index (κ3) is 3.57. The lowest BCUT2D eigenvalue weighted by atomic mass is 10.0. The van der Waals surface area contributed by atoms with Gasteiger partial charge in [-0.15, -0.1) is 5.10 Å². The maximum absolute atomic E-state index is 12.6. The molecule has 1 aliphatic heterocycles. The molecule has 2 heterocycles. The Kier molecular flexibility index (Phi) is 4.73. The molecule has 2 aliphatic rings. The average Bonchev–Trinajstić information content (AvgIpc) is 3.28. The van der Waals surface area contributed by atoms with Crippen LogP contribution in [0.25, 0.3) is 0 Å². The lowest BCUT2D eigenvalue weighted by Crippen LogP contribution is -2.41. The average molecular weight is 343 g/mol. The summed E-state index contributed by atoms with van der Waals surface area (Å²) >= 11 is 0. The molecule has 1 aromatic rings. The third-order valence-electron chi connectivity index (χ3n) is 4.39. The van der Waals surface area contributed by atoms with Gasteiger partial charge in [-0.3, -0.25) is 4.68 Å². The zero-order valence-corrected chi connectivity index (χ0v) is 14.8. The van der Waals surface area contributed by atoms with Crippen LogP contribution in [0, 0.1) is 0 Å². The summed E-state index contributed by atoms with van der Waals surface area (Å²) in [6.45, 7) is 2.73. The third-order valence-corrected chi connectivity index (χ3v) is 6.70. The standard InChI is InChI=1S/C14H25N5O3S/c1-17(2)6-7-22-10-11-8-19(23(20,21)12-4-5-12)9-13-14(11)18(3)16-15-13/h11-12H,4-10H2,1-3H3/t11-/m1/s1. The number of ether oxygens (including phenoxy) is 1. The van der Waals surface area contributed by atoms with Gasteiger partial charge in [0.25, 0.3) is 0 Å². The van der Waals surface area contributed by atoms with Crippen molar-refractivity contribution in [3.05, 3.63) is 11.4 Å². The first-order valence-corrected chi connectivity index (χ1v) is 9.49. The minimum atomic E-state index is -3.21. The van der Waals surface area contributed by atoms with Crippen molar-refractivity contribution in [3.63, 3.8) is 0 Å². The number of aryl methyl sites for hydroxylation is 1. The van der Waals surface area contributed by atoms with Crippen molar-refractivity contribution in [1.82, 2.24) is 24.2 Å². The summed E-state index contributed by atoms with van der Waals surface area (Å²) in [6.07, 6.45) is 1.55. The molecule has 1 aliphatic carbocycles. The van der Waals surface area contributed by atoms with Crippen molar-refractivity contribution in [1.29, 1.82) is 0 Å². The number of likely N-dealkylation sites (N-methyl/N-ethyl adjacent to an activating group) is 1. The van der Waals surface area contributed by atoms with Crippen LogP contribution in [0.2, 0.25) is 0 Å². The molecule has 1 fully saturated rings. The minimum absolute atomic E-state index is 0.0190. The van der Waals surface area contributed by atoms with E-state index in [4.69, 9.17) is 4.74 Å². The SMILES string of the molecule is CN(C)CCOC[C@H]1CN(S(=O)(=O)C2CC2)Cc2nnn(C)c21. The van der Waals surface area contributed by atoms with E-state index in [9.17, 15) is 8.42 Å². The van der Waals surface area contributed by atoms with Gasteiger partial charge >= 0.3 is 0 Å². The van der Waals surface area contributed by atoms with E-state index in [-0.39, 0.29) is 11.2 Å². The van der Waals surface area contributed by atoms with E-state index in [1.165, 1.54) is 0 Å². The molecule has 0 radical (unpaired) electrons. The highest BCUT2D eigenvalue weighted by atomic mass is 32.2. The van der Waals surface area contributed by atoms with Crippen LogP contribution in [0.1, 0.15) is 30.1 Å². The molecular formula is C14H25N5O3S. The Hall–Kier alpha value is -1.03. The first kappa shape index (κ1) is 16.8. The lowest BCUT2D eigenvalue weighted by molar-refractivity contribution is 0.0952. The van der Waals surface area contributed by atoms with Crippen LogP contribution in [0.15, 0.2) is 0 Å². The van der Waals surface area contributed by atoms with Crippen molar-refractivity contribution in [2.24, 2.45) is 7.05 Å². The highest BCUT2D eigenvalue weighted by Crippen LogP contribution is 2.35. The molecular weight excluding hydrogens is 318 g/mol. The highest BCUT2D eigenvalue weighted by Gasteiger charge is 2.43. The molecule has 0 bridgehead atoms. The molecule has 0 spiro atoms. The van der Waals surface area contributed by atoms with Gasteiger partial charge in [-0.25, -0.2) is 8.42 Å². The molecule has 0 amide bonds. The summed E-state index contributed by atoms with van der Waals surface area (Å²) in [4.78, 5) is 2.06. The molecule has 0 saturated heterocycles. The van der Waals surface area contributed by atoms with Crippen LogP contribution >= 0.6 is 0 Å². The monoisotopic (exact) mass is 343 g/mol. The molecule has 3 rings (SSSR count). The first-order valence-electron chi connectivity index (χ1n) is 7.99. The van der Waals surface area contributed by atoms with Gasteiger partial charge in [0.1, 0.15) is 5.69 Å². The first-order chi connectivity index (χ1) is 10.9. The molecule has 0 N–H and O–H groups in total. The fourth-order valence-electron chi connectivity index (χ4n) is 2.96. The van der Waals surface area contributed by atoms with Crippen molar-refractivity contribution in [2.75, 3.05) is 40.4 Å². The largest absolute Gasteiger partial charge is 0.379 e. The van der Waals surface area contributed by atoms with Crippen LogP contribution in [0.3, 0.4) is 0 Å². The summed E-state index contributed by atoms with van der Waals surface area (Å²) in [7, 11) is 2.64. The van der Waals surface area contributed by atoms with Gasteiger partial charge in [-0.05, 0) is 26.9 Å². The van der Waals surface area contributed by atoms with Gasteiger partial charge in [0, 0.05) is 26.1 Å². The van der Waals surface area contributed by atoms with E-state index < -0.39 is 10.0 Å². The zero-order valence-electron chi connectivity index (χ0n) is 14.0. The number of rotatable bonds is 7. The van der Waals surface area contributed by atoms with Gasteiger partial charge in [0.2, 0.25) is 10.0 Å². The highest BCUT2D eigenvalue weighted by molar-refractivity contribution is 7.90. The summed E-state index contributed by atoms with van der Waals surface area (Å²) in [5.41, 5.74) is 1.75. The second-order valence-electron chi connectivity index (χ2n) is 6.66. The molecule has 1 aromatic heterocycles. The molecule has 0 aromatic carbocycles. The smallest absolute Gasteiger partial charge is 0.217 e. The molecule has 1 atom stereocenters. The minimum Gasteiger partial charge on any atom is -0.379 e. The molecule has 23 heavy (non-hydrogen) atoms. The normalized spacial score (nSPS) is 22.5. The number of fused-ring (bicyclic) bond motifs is 1. The summed E-state index contributed by atoms with van der Waals surface area (Å²) in [6, 6.07) is 0. The summed E-state index contributed by atoms with van der Waals surface area (Å²) < 4.78 is 34.2. The maximum atomic E-state index is 12.6. The number of aromatic nitrogens is 3. The molecule has 130 valence electrons. The second kappa shape index (κ2) is 6.46. The van der Waals surface area contributed by atoms with Crippen LogP contribution in [0.4, 0.5) is 0 Å². The van der Waals surface area contributed by atoms with Crippen molar-refractivity contribution in [2.45, 2.75) is 30.6 Å². The molecule has 9 heteroatoms. The molecule has 8 nitrogen and oxygen atoms in total. The predicted octanol–water partition coefficient (Wildman–Crippen LogP) is -0.215. The Labute approximate surface area is 137 Å². The number of hydrogen-bond donors (Lipinski definition) is 0. The van der Waals surface area contributed by atoms with Gasteiger partial charge in [0.15, 0.2) is 0 Å². The Morgan fingerprint density at radius 3 is 2.74 bits per heavy atom. The predicted molar refractivity (Wildman–Crippen MR) is 85.5 cm³/mol. The number of hydrogen-bond acceptors (Lipinski definition) is 6. The Balaban J connectivity index is 1.72. The van der Waals surface area contributed by atoms with Crippen LogP contribution in [-0.4, -0.2) is 78.3 Å². The lowest BCUT2D eigenvalue weighted by Gasteiger charge is -2.31. The number of sulfonamides is 1. The maximum Gasteiger partial charge on any atom is 0.217 e. The fraction of sp³-hybridized carbons (Fsp3) is 0.857. The van der Waals surface area contributed by atoms with Gasteiger partial charge in [-0.2, -0.15) is 4.31 Å². The van der Waals surface area contributed by atoms with E-state index in [1.807, 2.05) is 21.1 Å². The van der Waals surface area contributed by atoms with Gasteiger partial charge in [0.05, 0.1) is 30.7 Å². The van der Waals surface area contributed by atoms with Gasteiger partial charge < -0.3 is 9.64 Å². The topological polar surface area (TPSA) is 80.6 Å². The van der Waals surface area contributed by atoms with E-state index in [2.05, 4.69) is 15.2 Å². The van der Waals surface area contributed by atoms with Crippen molar-refractivity contribution >= 4 is 10.0 Å². The van der Waals surface area contributed by atoms with Crippen LogP contribution < -0.4 is 0 Å². The Bertz CT molecular complexity index is 653. The summed E-state index contributed by atoms with van der Waals surface area (Å²) in [5, 5.41) is 8.01. The van der Waals surface area contributed by atoms with E-state index >= 15 is 0 Å². The van der Waals surface area contributed by atoms with Gasteiger partial charge in [-0.1, -0.05) is 5.21 Å². The zero-order chi connectivity index (χ0) is 16.6. The van der Waals surface area contributed by atoms with E-state index in [0.717, 1.165) is 30.8 Å². The number of nitrogens with zero attached hydrogens (tertiary/aromatic N) is 5. The Morgan fingerprint density at radius 1 is 1.35 bits per heavy atom. The molecule has 0 unspecified atom stereocenters. The molecule has 1 saturated carbocycles. The Morgan fingerprint density at radius 2 is 2.09 bits per heavy atom. The van der Waals surface area contributed by atoms with Crippen LogP contribution in [0.5, 0.6) is 0 Å². The van der Waals surface area contributed by atoms with Crippen LogP contribution in [-0.2, 0) is 28.4 Å². The van der Waals surface area contributed by atoms with E-state index in [1.54, 1.807) is 8.99 Å². The van der Waals surface area contributed by atoms with E-state index in [0.29, 0.717) is 26.3 Å².